The van der Waals surface area contributed by atoms with Crippen LogP contribution in [0.5, 0.6) is 0 Å². The van der Waals surface area contributed by atoms with Crippen molar-refractivity contribution in [2.24, 2.45) is 5.92 Å². The van der Waals surface area contributed by atoms with Crippen LogP contribution in [0.3, 0.4) is 0 Å². The van der Waals surface area contributed by atoms with E-state index in [0.717, 1.165) is 18.2 Å². The first-order chi connectivity index (χ1) is 9.59. The number of halogens is 4. The Labute approximate surface area is 130 Å². The largest absolute Gasteiger partial charge is 0.416 e. The van der Waals surface area contributed by atoms with Gasteiger partial charge in [0.2, 0.25) is 5.91 Å². The Balaban J connectivity index is 2.78. The third-order valence-corrected chi connectivity index (χ3v) is 2.92. The number of nitrogens with one attached hydrogen (secondary N) is 2. The summed E-state index contributed by atoms with van der Waals surface area (Å²) in [5, 5.41) is 4.86. The SMILES string of the molecule is CC(C)CC(=O)NC(=S)Nc1cc(C(F)(F)F)ccc1Cl. The number of benzene rings is 1. The van der Waals surface area contributed by atoms with Crippen LogP contribution in [-0.4, -0.2) is 11.0 Å². The lowest BCUT2D eigenvalue weighted by Crippen LogP contribution is -2.34. The number of alkyl halides is 3. The number of amides is 1. The van der Waals surface area contributed by atoms with Gasteiger partial charge in [-0.05, 0) is 36.3 Å². The summed E-state index contributed by atoms with van der Waals surface area (Å²) in [6.45, 7) is 3.72. The Hall–Kier alpha value is -1.34. The van der Waals surface area contributed by atoms with Gasteiger partial charge in [0.05, 0.1) is 16.3 Å². The van der Waals surface area contributed by atoms with Crippen molar-refractivity contribution in [1.82, 2.24) is 5.32 Å². The van der Waals surface area contributed by atoms with Crippen LogP contribution in [0.2, 0.25) is 5.02 Å². The van der Waals surface area contributed by atoms with Crippen LogP contribution in [0.1, 0.15) is 25.8 Å². The molecule has 3 nitrogen and oxygen atoms in total. The van der Waals surface area contributed by atoms with Gasteiger partial charge in [-0.3, -0.25) is 4.79 Å². The highest BCUT2D eigenvalue weighted by atomic mass is 35.5. The maximum absolute atomic E-state index is 12.6. The number of rotatable bonds is 3. The van der Waals surface area contributed by atoms with Crippen LogP contribution in [0.25, 0.3) is 0 Å². The van der Waals surface area contributed by atoms with Gasteiger partial charge in [-0.1, -0.05) is 25.4 Å². The summed E-state index contributed by atoms with van der Waals surface area (Å²) >= 11 is 10.7. The fourth-order valence-corrected chi connectivity index (χ4v) is 1.89. The van der Waals surface area contributed by atoms with Crippen molar-refractivity contribution in [1.29, 1.82) is 0 Å². The molecule has 1 rings (SSSR count). The number of anilines is 1. The summed E-state index contributed by atoms with van der Waals surface area (Å²) in [5.74, 6) is -0.171. The molecule has 116 valence electrons. The van der Waals surface area contributed by atoms with Crippen LogP contribution >= 0.6 is 23.8 Å². The van der Waals surface area contributed by atoms with Crippen LogP contribution in [0.15, 0.2) is 18.2 Å². The van der Waals surface area contributed by atoms with Crippen molar-refractivity contribution in [3.8, 4) is 0 Å². The van der Waals surface area contributed by atoms with Gasteiger partial charge in [-0.15, -0.1) is 0 Å². The van der Waals surface area contributed by atoms with Gasteiger partial charge in [-0.25, -0.2) is 0 Å². The van der Waals surface area contributed by atoms with E-state index in [1.54, 1.807) is 0 Å². The zero-order valence-corrected chi connectivity index (χ0v) is 12.9. The van der Waals surface area contributed by atoms with Gasteiger partial charge in [0, 0.05) is 6.42 Å². The predicted molar refractivity (Wildman–Crippen MR) is 80.3 cm³/mol. The topological polar surface area (TPSA) is 41.1 Å². The fraction of sp³-hybridized carbons (Fsp3) is 0.385. The number of carbonyl (C=O) groups excluding carboxylic acids is 1. The number of hydrogen-bond donors (Lipinski definition) is 2. The summed E-state index contributed by atoms with van der Waals surface area (Å²) in [6, 6.07) is 2.82. The van der Waals surface area contributed by atoms with E-state index in [0.29, 0.717) is 0 Å². The molecule has 0 fully saturated rings. The molecule has 21 heavy (non-hydrogen) atoms. The summed E-state index contributed by atoms with van der Waals surface area (Å²) in [4.78, 5) is 11.5. The molecular formula is C13H14ClF3N2OS. The molecule has 0 heterocycles. The van der Waals surface area contributed by atoms with Crippen molar-refractivity contribution in [2.45, 2.75) is 26.4 Å². The smallest absolute Gasteiger partial charge is 0.331 e. The van der Waals surface area contributed by atoms with Gasteiger partial charge >= 0.3 is 6.18 Å². The molecule has 0 aliphatic rings. The highest BCUT2D eigenvalue weighted by molar-refractivity contribution is 7.80. The quantitative estimate of drug-likeness (QED) is 0.811. The summed E-state index contributed by atoms with van der Waals surface area (Å²) in [7, 11) is 0. The fourth-order valence-electron chi connectivity index (χ4n) is 1.50. The van der Waals surface area contributed by atoms with Crippen LogP contribution in [0, 0.1) is 5.92 Å². The Morgan fingerprint density at radius 2 is 2.00 bits per heavy atom. The molecule has 8 heteroatoms. The highest BCUT2D eigenvalue weighted by Gasteiger charge is 2.31. The third-order valence-electron chi connectivity index (χ3n) is 2.39. The molecule has 0 bridgehead atoms. The number of carbonyl (C=O) groups is 1. The standard InChI is InChI=1S/C13H14ClF3N2OS/c1-7(2)5-11(20)19-12(21)18-10-6-8(13(15,16)17)3-4-9(10)14/h3-4,6-7H,5H2,1-2H3,(H2,18,19,20,21). The molecule has 0 aliphatic carbocycles. The lowest BCUT2D eigenvalue weighted by atomic mass is 10.1. The summed E-state index contributed by atoms with van der Waals surface area (Å²) in [5.41, 5.74) is -0.868. The lowest BCUT2D eigenvalue weighted by Gasteiger charge is -2.14. The molecule has 0 saturated carbocycles. The molecule has 0 spiro atoms. The first kappa shape index (κ1) is 17.7. The molecule has 1 aromatic carbocycles. The Morgan fingerprint density at radius 3 is 2.52 bits per heavy atom. The van der Waals surface area contributed by atoms with E-state index >= 15 is 0 Å². The second kappa shape index (κ2) is 7.09. The van der Waals surface area contributed by atoms with E-state index in [9.17, 15) is 18.0 Å². The van der Waals surface area contributed by atoms with E-state index < -0.39 is 11.7 Å². The summed E-state index contributed by atoms with van der Waals surface area (Å²) < 4.78 is 37.9. The average molecular weight is 339 g/mol. The third kappa shape index (κ3) is 5.89. The zero-order chi connectivity index (χ0) is 16.2. The molecule has 0 atom stereocenters. The second-order valence-corrected chi connectivity index (χ2v) is 5.61. The second-order valence-electron chi connectivity index (χ2n) is 4.79. The van der Waals surface area contributed by atoms with E-state index in [2.05, 4.69) is 10.6 Å². The van der Waals surface area contributed by atoms with E-state index in [1.807, 2.05) is 13.8 Å². The monoisotopic (exact) mass is 338 g/mol. The van der Waals surface area contributed by atoms with Crippen molar-refractivity contribution in [2.75, 3.05) is 5.32 Å². The van der Waals surface area contributed by atoms with Gasteiger partial charge in [0.25, 0.3) is 0 Å². The number of thiocarbonyl (C=S) groups is 1. The lowest BCUT2D eigenvalue weighted by molar-refractivity contribution is -0.137. The van der Waals surface area contributed by atoms with Crippen molar-refractivity contribution >= 4 is 40.5 Å². The Morgan fingerprint density at radius 1 is 1.38 bits per heavy atom. The van der Waals surface area contributed by atoms with E-state index in [4.69, 9.17) is 23.8 Å². The van der Waals surface area contributed by atoms with Gasteiger partial charge in [0.1, 0.15) is 0 Å². The summed E-state index contributed by atoms with van der Waals surface area (Å²) in [6.07, 6.45) is -4.22. The minimum absolute atomic E-state index is 0.0126. The highest BCUT2D eigenvalue weighted by Crippen LogP contribution is 2.33. The molecule has 1 amide bonds. The minimum Gasteiger partial charge on any atom is -0.331 e. The molecule has 0 aromatic heterocycles. The van der Waals surface area contributed by atoms with Crippen LogP contribution < -0.4 is 10.6 Å². The van der Waals surface area contributed by atoms with Crippen molar-refractivity contribution < 1.29 is 18.0 Å². The predicted octanol–water partition coefficient (Wildman–Crippen LogP) is 4.22. The normalized spacial score (nSPS) is 11.4. The Kier molecular flexibility index (Phi) is 5.98. The van der Waals surface area contributed by atoms with Crippen LogP contribution in [-0.2, 0) is 11.0 Å². The molecule has 0 aliphatic heterocycles. The maximum Gasteiger partial charge on any atom is 0.416 e. The Bertz CT molecular complexity index is 547. The first-order valence-electron chi connectivity index (χ1n) is 6.07. The number of hydrogen-bond acceptors (Lipinski definition) is 2. The van der Waals surface area contributed by atoms with E-state index in [-0.39, 0.29) is 34.1 Å². The minimum atomic E-state index is -4.48. The van der Waals surface area contributed by atoms with Gasteiger partial charge in [-0.2, -0.15) is 13.2 Å². The molecule has 0 radical (unpaired) electrons. The van der Waals surface area contributed by atoms with Gasteiger partial charge in [0.15, 0.2) is 5.11 Å². The van der Waals surface area contributed by atoms with Gasteiger partial charge < -0.3 is 10.6 Å². The molecule has 1 aromatic rings. The molecular weight excluding hydrogens is 325 g/mol. The molecule has 0 unspecified atom stereocenters. The zero-order valence-electron chi connectivity index (χ0n) is 11.3. The average Bonchev–Trinajstić information content (AvgIpc) is 2.28. The van der Waals surface area contributed by atoms with E-state index in [1.165, 1.54) is 0 Å². The van der Waals surface area contributed by atoms with Crippen LogP contribution in [0.4, 0.5) is 18.9 Å². The maximum atomic E-state index is 12.6. The first-order valence-corrected chi connectivity index (χ1v) is 6.85. The molecule has 0 saturated heterocycles. The molecule has 2 N–H and O–H groups in total. The van der Waals surface area contributed by atoms with Crippen molar-refractivity contribution in [3.05, 3.63) is 28.8 Å². The van der Waals surface area contributed by atoms with Crippen molar-refractivity contribution in [3.63, 3.8) is 0 Å².